The highest BCUT2D eigenvalue weighted by Crippen LogP contribution is 2.28. The third-order valence-electron chi connectivity index (χ3n) is 3.82. The highest BCUT2D eigenvalue weighted by Gasteiger charge is 2.16. The van der Waals surface area contributed by atoms with Crippen LogP contribution >= 0.6 is 22.6 Å². The standard InChI is InChI=1S/C16H24INO2/c1-12(2)15-11-13(17)3-4-16(15)20-10-9-18-7-5-14(19)6-8-18/h3-4,11-12,14,19H,5-10H2,1-2H3. The normalized spacial score (nSPS) is 17.6. The van der Waals surface area contributed by atoms with Gasteiger partial charge in [-0.05, 0) is 65.1 Å². The van der Waals surface area contributed by atoms with E-state index in [2.05, 4.69) is 59.5 Å². The predicted octanol–water partition coefficient (Wildman–Crippen LogP) is 3.25. The molecule has 2 rings (SSSR count). The minimum absolute atomic E-state index is 0.101. The Morgan fingerprint density at radius 2 is 2.05 bits per heavy atom. The lowest BCUT2D eigenvalue weighted by Gasteiger charge is -2.29. The third kappa shape index (κ3) is 4.60. The number of piperidine rings is 1. The zero-order valence-corrected chi connectivity index (χ0v) is 14.5. The zero-order chi connectivity index (χ0) is 14.5. The van der Waals surface area contributed by atoms with Crippen LogP contribution < -0.4 is 4.74 Å². The molecule has 1 N–H and O–H groups in total. The molecule has 1 fully saturated rings. The van der Waals surface area contributed by atoms with Crippen LogP contribution in [0.15, 0.2) is 18.2 Å². The molecule has 0 bridgehead atoms. The van der Waals surface area contributed by atoms with Crippen molar-refractivity contribution in [1.29, 1.82) is 0 Å². The van der Waals surface area contributed by atoms with E-state index in [1.807, 2.05) is 0 Å². The van der Waals surface area contributed by atoms with E-state index in [-0.39, 0.29) is 6.10 Å². The average Bonchev–Trinajstić information content (AvgIpc) is 2.42. The Labute approximate surface area is 135 Å². The summed E-state index contributed by atoms with van der Waals surface area (Å²) in [4.78, 5) is 2.37. The lowest BCUT2D eigenvalue weighted by Crippen LogP contribution is -2.38. The van der Waals surface area contributed by atoms with Crippen LogP contribution in [0.5, 0.6) is 5.75 Å². The SMILES string of the molecule is CC(C)c1cc(I)ccc1OCCN1CCC(O)CC1. The van der Waals surface area contributed by atoms with Crippen molar-refractivity contribution in [3.8, 4) is 5.75 Å². The van der Waals surface area contributed by atoms with E-state index in [4.69, 9.17) is 4.74 Å². The van der Waals surface area contributed by atoms with Crippen LogP contribution in [0.25, 0.3) is 0 Å². The van der Waals surface area contributed by atoms with E-state index in [0.29, 0.717) is 5.92 Å². The van der Waals surface area contributed by atoms with Gasteiger partial charge in [-0.15, -0.1) is 0 Å². The molecule has 1 aromatic rings. The fourth-order valence-electron chi connectivity index (χ4n) is 2.53. The lowest BCUT2D eigenvalue weighted by molar-refractivity contribution is 0.0754. The van der Waals surface area contributed by atoms with Gasteiger partial charge in [-0.1, -0.05) is 13.8 Å². The summed E-state index contributed by atoms with van der Waals surface area (Å²) in [6, 6.07) is 6.38. The summed E-state index contributed by atoms with van der Waals surface area (Å²) < 4.78 is 7.23. The van der Waals surface area contributed by atoms with Gasteiger partial charge >= 0.3 is 0 Å². The maximum atomic E-state index is 9.50. The quantitative estimate of drug-likeness (QED) is 0.785. The molecule has 1 aromatic carbocycles. The summed E-state index contributed by atoms with van der Waals surface area (Å²) >= 11 is 2.34. The van der Waals surface area contributed by atoms with Crippen molar-refractivity contribution in [3.63, 3.8) is 0 Å². The number of halogens is 1. The Kier molecular flexibility index (Phi) is 6.11. The Hall–Kier alpha value is -0.330. The third-order valence-corrected chi connectivity index (χ3v) is 4.49. The molecule has 3 nitrogen and oxygen atoms in total. The number of likely N-dealkylation sites (tertiary alicyclic amines) is 1. The molecule has 0 amide bonds. The van der Waals surface area contributed by atoms with Crippen LogP contribution in [0, 0.1) is 3.57 Å². The lowest BCUT2D eigenvalue weighted by atomic mass is 10.0. The molecule has 4 heteroatoms. The summed E-state index contributed by atoms with van der Waals surface area (Å²) in [5.41, 5.74) is 1.28. The molecule has 0 aliphatic carbocycles. The van der Waals surface area contributed by atoms with E-state index < -0.39 is 0 Å². The van der Waals surface area contributed by atoms with Gasteiger partial charge in [0.15, 0.2) is 0 Å². The number of hydrogen-bond acceptors (Lipinski definition) is 3. The van der Waals surface area contributed by atoms with Crippen LogP contribution in [-0.2, 0) is 0 Å². The van der Waals surface area contributed by atoms with Crippen molar-refractivity contribution in [2.75, 3.05) is 26.2 Å². The van der Waals surface area contributed by atoms with Gasteiger partial charge in [-0.3, -0.25) is 4.90 Å². The predicted molar refractivity (Wildman–Crippen MR) is 90.4 cm³/mol. The van der Waals surface area contributed by atoms with E-state index >= 15 is 0 Å². The largest absolute Gasteiger partial charge is 0.492 e. The zero-order valence-electron chi connectivity index (χ0n) is 12.3. The van der Waals surface area contributed by atoms with Gasteiger partial charge in [0, 0.05) is 23.2 Å². The first kappa shape index (κ1) is 16.0. The molecule has 0 radical (unpaired) electrons. The summed E-state index contributed by atoms with van der Waals surface area (Å²) in [7, 11) is 0. The Morgan fingerprint density at radius 3 is 2.70 bits per heavy atom. The Balaban J connectivity index is 1.85. The van der Waals surface area contributed by atoms with Crippen molar-refractivity contribution >= 4 is 22.6 Å². The van der Waals surface area contributed by atoms with E-state index in [1.165, 1.54) is 9.13 Å². The fraction of sp³-hybridized carbons (Fsp3) is 0.625. The Bertz CT molecular complexity index is 428. The number of hydrogen-bond donors (Lipinski definition) is 1. The molecule has 1 heterocycles. The fourth-order valence-corrected chi connectivity index (χ4v) is 3.04. The van der Waals surface area contributed by atoms with Crippen LogP contribution in [-0.4, -0.2) is 42.4 Å². The molecule has 0 aromatic heterocycles. The first-order valence-corrected chi connectivity index (χ1v) is 8.47. The highest BCUT2D eigenvalue weighted by molar-refractivity contribution is 14.1. The van der Waals surface area contributed by atoms with E-state index in [1.54, 1.807) is 0 Å². The summed E-state index contributed by atoms with van der Waals surface area (Å²) in [6.07, 6.45) is 1.68. The monoisotopic (exact) mass is 389 g/mol. The van der Waals surface area contributed by atoms with Crippen LogP contribution in [0.4, 0.5) is 0 Å². The summed E-state index contributed by atoms with van der Waals surface area (Å²) in [6.45, 7) is 8.02. The average molecular weight is 389 g/mol. The van der Waals surface area contributed by atoms with Gasteiger partial charge in [0.05, 0.1) is 6.10 Å². The highest BCUT2D eigenvalue weighted by atomic mass is 127. The first-order valence-electron chi connectivity index (χ1n) is 7.39. The molecule has 1 saturated heterocycles. The van der Waals surface area contributed by atoms with Gasteiger partial charge < -0.3 is 9.84 Å². The van der Waals surface area contributed by atoms with Gasteiger partial charge in [0.25, 0.3) is 0 Å². The number of nitrogens with zero attached hydrogens (tertiary/aromatic N) is 1. The number of benzene rings is 1. The second-order valence-electron chi connectivity index (χ2n) is 5.76. The molecule has 1 aliphatic rings. The topological polar surface area (TPSA) is 32.7 Å². The van der Waals surface area contributed by atoms with E-state index in [9.17, 15) is 5.11 Å². The van der Waals surface area contributed by atoms with Crippen molar-refractivity contribution in [3.05, 3.63) is 27.3 Å². The summed E-state index contributed by atoms with van der Waals surface area (Å²) in [5, 5.41) is 9.50. The van der Waals surface area contributed by atoms with Gasteiger partial charge in [-0.2, -0.15) is 0 Å². The minimum atomic E-state index is -0.101. The van der Waals surface area contributed by atoms with Crippen molar-refractivity contribution in [2.24, 2.45) is 0 Å². The Morgan fingerprint density at radius 1 is 1.35 bits per heavy atom. The van der Waals surface area contributed by atoms with Crippen molar-refractivity contribution in [1.82, 2.24) is 4.90 Å². The molecule has 112 valence electrons. The maximum Gasteiger partial charge on any atom is 0.122 e. The molecule has 0 spiro atoms. The molecular weight excluding hydrogens is 365 g/mol. The van der Waals surface area contributed by atoms with Crippen LogP contribution in [0.1, 0.15) is 38.2 Å². The summed E-state index contributed by atoms with van der Waals surface area (Å²) in [5.74, 6) is 1.49. The molecular formula is C16H24INO2. The minimum Gasteiger partial charge on any atom is -0.492 e. The van der Waals surface area contributed by atoms with Gasteiger partial charge in [-0.25, -0.2) is 0 Å². The molecule has 0 saturated carbocycles. The molecule has 1 aliphatic heterocycles. The molecule has 0 atom stereocenters. The van der Waals surface area contributed by atoms with Crippen LogP contribution in [0.3, 0.4) is 0 Å². The number of aliphatic hydroxyl groups is 1. The second-order valence-corrected chi connectivity index (χ2v) is 7.00. The van der Waals surface area contributed by atoms with Gasteiger partial charge in [0.2, 0.25) is 0 Å². The maximum absolute atomic E-state index is 9.50. The number of rotatable bonds is 5. The van der Waals surface area contributed by atoms with E-state index in [0.717, 1.165) is 44.8 Å². The smallest absolute Gasteiger partial charge is 0.122 e. The van der Waals surface area contributed by atoms with Gasteiger partial charge in [0.1, 0.15) is 12.4 Å². The van der Waals surface area contributed by atoms with Crippen molar-refractivity contribution in [2.45, 2.75) is 38.7 Å². The molecule has 20 heavy (non-hydrogen) atoms. The number of ether oxygens (including phenoxy) is 1. The second kappa shape index (κ2) is 7.61. The molecule has 0 unspecified atom stereocenters. The first-order chi connectivity index (χ1) is 9.56. The van der Waals surface area contributed by atoms with Crippen LogP contribution in [0.2, 0.25) is 0 Å². The van der Waals surface area contributed by atoms with Crippen molar-refractivity contribution < 1.29 is 9.84 Å². The number of aliphatic hydroxyl groups excluding tert-OH is 1.